The Hall–Kier alpha value is -3.22. The number of nitro groups is 1. The molecule has 25 heavy (non-hydrogen) atoms. The second kappa shape index (κ2) is 6.72. The van der Waals surface area contributed by atoms with Gasteiger partial charge in [0, 0.05) is 36.3 Å². The first-order valence-electron chi connectivity index (χ1n) is 7.86. The summed E-state index contributed by atoms with van der Waals surface area (Å²) in [6, 6.07) is 12.7. The molecule has 2 aromatic carbocycles. The van der Waals surface area contributed by atoms with Gasteiger partial charge in [-0.25, -0.2) is 0 Å². The molecule has 2 aromatic rings. The Bertz CT molecular complexity index is 815. The van der Waals surface area contributed by atoms with Crippen LogP contribution >= 0.6 is 0 Å². The summed E-state index contributed by atoms with van der Waals surface area (Å²) >= 11 is 0. The monoisotopic (exact) mass is 339 g/mol. The number of nitrogens with zero attached hydrogens (tertiary/aromatic N) is 2. The highest BCUT2D eigenvalue weighted by Gasteiger charge is 2.31. The first-order chi connectivity index (χ1) is 11.9. The van der Waals surface area contributed by atoms with Crippen molar-refractivity contribution in [3.63, 3.8) is 0 Å². The van der Waals surface area contributed by atoms with Crippen molar-refractivity contribution in [1.82, 2.24) is 5.32 Å². The number of rotatable bonds is 4. The van der Waals surface area contributed by atoms with Crippen molar-refractivity contribution in [2.24, 2.45) is 0 Å². The fraction of sp³-hybridized carbons (Fsp3) is 0.222. The van der Waals surface area contributed by atoms with E-state index in [4.69, 9.17) is 0 Å². The summed E-state index contributed by atoms with van der Waals surface area (Å²) in [7, 11) is 0. The first-order valence-corrected chi connectivity index (χ1v) is 7.86. The molecule has 1 unspecified atom stereocenters. The van der Waals surface area contributed by atoms with Gasteiger partial charge in [0.25, 0.3) is 11.6 Å². The van der Waals surface area contributed by atoms with Crippen LogP contribution in [0.4, 0.5) is 11.4 Å². The number of carbonyl (C=O) groups excluding carboxylic acids is 2. The molecule has 1 fully saturated rings. The van der Waals surface area contributed by atoms with Crippen LogP contribution in [0, 0.1) is 17.0 Å². The maximum Gasteiger partial charge on any atom is 0.269 e. The zero-order valence-electron chi connectivity index (χ0n) is 13.6. The molecule has 0 saturated carbocycles. The second-order valence-corrected chi connectivity index (χ2v) is 6.02. The number of nitro benzene ring substituents is 1. The number of non-ortho nitro benzene ring substituents is 1. The molecule has 128 valence electrons. The smallest absolute Gasteiger partial charge is 0.269 e. The lowest BCUT2D eigenvalue weighted by atomic mass is 10.1. The Morgan fingerprint density at radius 1 is 1.16 bits per heavy atom. The molecular weight excluding hydrogens is 322 g/mol. The van der Waals surface area contributed by atoms with E-state index in [2.05, 4.69) is 5.32 Å². The highest BCUT2D eigenvalue weighted by atomic mass is 16.6. The van der Waals surface area contributed by atoms with Gasteiger partial charge in [0.1, 0.15) is 0 Å². The molecule has 0 bridgehead atoms. The SMILES string of the molecule is Cc1ccc(N2CC(NC(=O)c3ccc([N+](=O)[O-])cc3)CC2=O)cc1. The number of aryl methyl sites for hydroxylation is 1. The summed E-state index contributed by atoms with van der Waals surface area (Å²) in [5.74, 6) is -0.392. The van der Waals surface area contributed by atoms with Crippen molar-refractivity contribution in [3.05, 3.63) is 69.8 Å². The molecular formula is C18H17N3O4. The number of anilines is 1. The lowest BCUT2D eigenvalue weighted by Crippen LogP contribution is -2.37. The van der Waals surface area contributed by atoms with Crippen LogP contribution in [0.1, 0.15) is 22.3 Å². The van der Waals surface area contributed by atoms with Crippen LogP contribution in [-0.2, 0) is 4.79 Å². The van der Waals surface area contributed by atoms with E-state index in [0.717, 1.165) is 11.3 Å². The molecule has 2 amide bonds. The Labute approximate surface area is 144 Å². The molecule has 0 aromatic heterocycles. The molecule has 0 spiro atoms. The third-order valence-electron chi connectivity index (χ3n) is 4.15. The average Bonchev–Trinajstić information content (AvgIpc) is 2.96. The topological polar surface area (TPSA) is 92.6 Å². The highest BCUT2D eigenvalue weighted by Crippen LogP contribution is 2.22. The van der Waals surface area contributed by atoms with Crippen molar-refractivity contribution in [2.45, 2.75) is 19.4 Å². The van der Waals surface area contributed by atoms with E-state index >= 15 is 0 Å². The Balaban J connectivity index is 1.65. The molecule has 1 saturated heterocycles. The van der Waals surface area contributed by atoms with Gasteiger partial charge in [-0.05, 0) is 31.2 Å². The molecule has 1 aliphatic heterocycles. The van der Waals surface area contributed by atoms with Crippen molar-refractivity contribution in [2.75, 3.05) is 11.4 Å². The van der Waals surface area contributed by atoms with Crippen molar-refractivity contribution in [1.29, 1.82) is 0 Å². The van der Waals surface area contributed by atoms with Gasteiger partial charge in [-0.2, -0.15) is 0 Å². The zero-order chi connectivity index (χ0) is 18.0. The lowest BCUT2D eigenvalue weighted by Gasteiger charge is -2.17. The van der Waals surface area contributed by atoms with Crippen LogP contribution in [-0.4, -0.2) is 29.3 Å². The van der Waals surface area contributed by atoms with Gasteiger partial charge in [0.2, 0.25) is 5.91 Å². The summed E-state index contributed by atoms with van der Waals surface area (Å²) in [4.78, 5) is 36.3. The van der Waals surface area contributed by atoms with Gasteiger partial charge in [0.15, 0.2) is 0 Å². The van der Waals surface area contributed by atoms with Crippen LogP contribution in [0.3, 0.4) is 0 Å². The Morgan fingerprint density at radius 2 is 1.80 bits per heavy atom. The predicted octanol–water partition coefficient (Wildman–Crippen LogP) is 2.44. The minimum Gasteiger partial charge on any atom is -0.347 e. The van der Waals surface area contributed by atoms with Gasteiger partial charge in [-0.3, -0.25) is 19.7 Å². The number of hydrogen-bond acceptors (Lipinski definition) is 4. The average molecular weight is 339 g/mol. The van der Waals surface area contributed by atoms with Crippen molar-refractivity contribution < 1.29 is 14.5 Å². The standard InChI is InChI=1S/C18H17N3O4/c1-12-2-6-15(7-3-12)20-11-14(10-17(20)22)19-18(23)13-4-8-16(9-5-13)21(24)25/h2-9,14H,10-11H2,1H3,(H,19,23). The van der Waals surface area contributed by atoms with Crippen LogP contribution in [0.15, 0.2) is 48.5 Å². The van der Waals surface area contributed by atoms with E-state index in [1.807, 2.05) is 31.2 Å². The molecule has 1 aliphatic rings. The molecule has 3 rings (SSSR count). The van der Waals surface area contributed by atoms with E-state index < -0.39 is 4.92 Å². The normalized spacial score (nSPS) is 16.8. The number of amides is 2. The third-order valence-corrected chi connectivity index (χ3v) is 4.15. The highest BCUT2D eigenvalue weighted by molar-refractivity contribution is 5.99. The molecule has 0 aliphatic carbocycles. The van der Waals surface area contributed by atoms with Crippen molar-refractivity contribution in [3.8, 4) is 0 Å². The second-order valence-electron chi connectivity index (χ2n) is 6.02. The molecule has 7 nitrogen and oxygen atoms in total. The van der Waals surface area contributed by atoms with Gasteiger partial charge in [-0.1, -0.05) is 17.7 Å². The number of carbonyl (C=O) groups is 2. The molecule has 0 radical (unpaired) electrons. The molecule has 7 heteroatoms. The van der Waals surface area contributed by atoms with Crippen molar-refractivity contribution >= 4 is 23.2 Å². The summed E-state index contributed by atoms with van der Waals surface area (Å²) < 4.78 is 0. The Kier molecular flexibility index (Phi) is 4.47. The summed E-state index contributed by atoms with van der Waals surface area (Å²) in [5, 5.41) is 13.5. The summed E-state index contributed by atoms with van der Waals surface area (Å²) in [6.07, 6.45) is 0.229. The van der Waals surface area contributed by atoms with E-state index in [9.17, 15) is 19.7 Å². The minimum absolute atomic E-state index is 0.0437. The quantitative estimate of drug-likeness (QED) is 0.684. The van der Waals surface area contributed by atoms with E-state index in [1.165, 1.54) is 24.3 Å². The third kappa shape index (κ3) is 3.65. The van der Waals surface area contributed by atoms with E-state index in [0.29, 0.717) is 12.1 Å². The largest absolute Gasteiger partial charge is 0.347 e. The van der Waals surface area contributed by atoms with E-state index in [-0.39, 0.29) is 30.0 Å². The maximum atomic E-state index is 12.3. The summed E-state index contributed by atoms with van der Waals surface area (Å²) in [6.45, 7) is 2.38. The number of hydrogen-bond donors (Lipinski definition) is 1. The molecule has 1 atom stereocenters. The van der Waals surface area contributed by atoms with Crippen LogP contribution in [0.2, 0.25) is 0 Å². The Morgan fingerprint density at radius 3 is 2.40 bits per heavy atom. The van der Waals surface area contributed by atoms with Gasteiger partial charge in [0.05, 0.1) is 11.0 Å². The van der Waals surface area contributed by atoms with Crippen LogP contribution in [0.25, 0.3) is 0 Å². The minimum atomic E-state index is -0.517. The number of benzene rings is 2. The summed E-state index contributed by atoms with van der Waals surface area (Å²) in [5.41, 5.74) is 2.17. The van der Waals surface area contributed by atoms with Gasteiger partial charge >= 0.3 is 0 Å². The van der Waals surface area contributed by atoms with E-state index in [1.54, 1.807) is 4.90 Å². The fourth-order valence-corrected chi connectivity index (χ4v) is 2.78. The van der Waals surface area contributed by atoms with Gasteiger partial charge < -0.3 is 10.2 Å². The molecule has 1 heterocycles. The van der Waals surface area contributed by atoms with Gasteiger partial charge in [-0.15, -0.1) is 0 Å². The van der Waals surface area contributed by atoms with Crippen LogP contribution < -0.4 is 10.2 Å². The number of nitrogens with one attached hydrogen (secondary N) is 1. The maximum absolute atomic E-state index is 12.3. The zero-order valence-corrected chi connectivity index (χ0v) is 13.6. The lowest BCUT2D eigenvalue weighted by molar-refractivity contribution is -0.384. The fourth-order valence-electron chi connectivity index (χ4n) is 2.78. The predicted molar refractivity (Wildman–Crippen MR) is 92.5 cm³/mol. The molecule has 1 N–H and O–H groups in total. The first kappa shape index (κ1) is 16.6. The van der Waals surface area contributed by atoms with Crippen LogP contribution in [0.5, 0.6) is 0 Å².